The molecule has 2 aromatic rings. The van der Waals surface area contributed by atoms with Gasteiger partial charge in [-0.05, 0) is 12.1 Å². The number of hydrogen-bond donors (Lipinski definition) is 1. The minimum atomic E-state index is -0.104. The highest BCUT2D eigenvalue weighted by Crippen LogP contribution is 2.27. The van der Waals surface area contributed by atoms with Crippen LogP contribution in [0.4, 0.5) is 11.4 Å². The normalized spacial score (nSPS) is 14.9. The van der Waals surface area contributed by atoms with Crippen LogP contribution < -0.4 is 10.2 Å². The Balaban J connectivity index is 1.57. The lowest BCUT2D eigenvalue weighted by atomic mass is 10.2. The second-order valence-corrected chi connectivity index (χ2v) is 7.81. The van der Waals surface area contributed by atoms with Crippen molar-refractivity contribution in [1.29, 1.82) is 0 Å². The summed E-state index contributed by atoms with van der Waals surface area (Å²) in [6.45, 7) is 8.23. The molecule has 148 valence electrons. The van der Waals surface area contributed by atoms with Gasteiger partial charge < -0.3 is 14.6 Å². The number of carbonyl (C=O) groups is 1. The maximum atomic E-state index is 12.4. The summed E-state index contributed by atoms with van der Waals surface area (Å²) >= 11 is 1.24. The van der Waals surface area contributed by atoms with Gasteiger partial charge in [0.15, 0.2) is 0 Å². The number of hydrogen-bond acceptors (Lipinski definition) is 7. The predicted octanol–water partition coefficient (Wildman–Crippen LogP) is 2.68. The summed E-state index contributed by atoms with van der Waals surface area (Å²) in [6.07, 6.45) is 5.40. The van der Waals surface area contributed by atoms with Crippen LogP contribution in [-0.2, 0) is 4.79 Å². The van der Waals surface area contributed by atoms with Crippen molar-refractivity contribution < 1.29 is 9.21 Å². The zero-order valence-corrected chi connectivity index (χ0v) is 17.0. The number of nitrogens with one attached hydrogen (secondary N) is 1. The number of para-hydroxylation sites is 2. The van der Waals surface area contributed by atoms with Gasteiger partial charge in [0.05, 0.1) is 23.7 Å². The molecule has 8 heteroatoms. The summed E-state index contributed by atoms with van der Waals surface area (Å²) < 4.78 is 5.53. The van der Waals surface area contributed by atoms with E-state index in [2.05, 4.69) is 31.2 Å². The van der Waals surface area contributed by atoms with Crippen LogP contribution in [0.15, 0.2) is 33.9 Å². The molecule has 1 aliphatic heterocycles. The Morgan fingerprint density at radius 3 is 2.71 bits per heavy atom. The van der Waals surface area contributed by atoms with Gasteiger partial charge in [-0.25, -0.2) is 0 Å². The van der Waals surface area contributed by atoms with Crippen LogP contribution in [0, 0.1) is 12.3 Å². The molecule has 0 spiro atoms. The van der Waals surface area contributed by atoms with Gasteiger partial charge in [0.1, 0.15) is 0 Å². The molecule has 0 bridgehead atoms. The lowest BCUT2D eigenvalue weighted by molar-refractivity contribution is -0.113. The lowest BCUT2D eigenvalue weighted by Crippen LogP contribution is -2.46. The fourth-order valence-corrected chi connectivity index (χ4v) is 3.53. The summed E-state index contributed by atoms with van der Waals surface area (Å²) in [7, 11) is 0. The Morgan fingerprint density at radius 1 is 1.29 bits per heavy atom. The molecule has 3 rings (SSSR count). The molecule has 7 nitrogen and oxygen atoms in total. The maximum Gasteiger partial charge on any atom is 0.277 e. The van der Waals surface area contributed by atoms with E-state index in [0.717, 1.165) is 37.6 Å². The largest absolute Gasteiger partial charge is 0.416 e. The second-order valence-electron chi connectivity index (χ2n) is 6.88. The Labute approximate surface area is 169 Å². The first-order chi connectivity index (χ1) is 13.6. The number of anilines is 2. The standard InChI is InChI=1S/C20H25N5O2S/c1-4-9-24-10-12-25(13-11-24)17-8-6-5-7-16(17)21-18(26)14-28-20-23-22-19(27-20)15(2)3/h1,5-8,15H,9-14H2,2-3H3,(H,21,26). The van der Waals surface area contributed by atoms with Gasteiger partial charge in [-0.15, -0.1) is 16.6 Å². The quantitative estimate of drug-likeness (QED) is 0.567. The van der Waals surface area contributed by atoms with Gasteiger partial charge in [0.25, 0.3) is 5.22 Å². The molecule has 1 aromatic carbocycles. The van der Waals surface area contributed by atoms with E-state index < -0.39 is 0 Å². The van der Waals surface area contributed by atoms with Crippen molar-refractivity contribution in [2.24, 2.45) is 0 Å². The Bertz CT molecular complexity index is 837. The average Bonchev–Trinajstić information content (AvgIpc) is 3.17. The number of amides is 1. The topological polar surface area (TPSA) is 74.5 Å². The number of carbonyl (C=O) groups excluding carboxylic acids is 1. The van der Waals surface area contributed by atoms with E-state index in [4.69, 9.17) is 10.8 Å². The summed E-state index contributed by atoms with van der Waals surface area (Å²) in [4.78, 5) is 17.0. The predicted molar refractivity (Wildman–Crippen MR) is 112 cm³/mol. The van der Waals surface area contributed by atoms with E-state index in [-0.39, 0.29) is 17.6 Å². The SMILES string of the molecule is C#CCN1CCN(c2ccccc2NC(=O)CSc2nnc(C(C)C)o2)CC1. The third kappa shape index (κ3) is 5.27. The molecule has 1 aliphatic rings. The van der Waals surface area contributed by atoms with Crippen molar-refractivity contribution in [3.8, 4) is 12.3 Å². The van der Waals surface area contributed by atoms with Crippen LogP contribution >= 0.6 is 11.8 Å². The molecule has 0 aliphatic carbocycles. The van der Waals surface area contributed by atoms with Gasteiger partial charge in [-0.2, -0.15) is 0 Å². The zero-order chi connectivity index (χ0) is 19.9. The van der Waals surface area contributed by atoms with Crippen molar-refractivity contribution in [2.75, 3.05) is 48.7 Å². The molecule has 1 amide bonds. The first-order valence-electron chi connectivity index (χ1n) is 9.32. The molecule has 1 aromatic heterocycles. The third-order valence-corrected chi connectivity index (χ3v) is 5.27. The molecular formula is C20H25N5O2S. The Kier molecular flexibility index (Phi) is 6.95. The fourth-order valence-electron chi connectivity index (χ4n) is 2.96. The minimum absolute atomic E-state index is 0.104. The number of thioether (sulfide) groups is 1. The second kappa shape index (κ2) is 9.62. The van der Waals surface area contributed by atoms with Crippen molar-refractivity contribution in [3.63, 3.8) is 0 Å². The Hall–Kier alpha value is -2.50. The number of rotatable bonds is 7. The number of nitrogens with zero attached hydrogens (tertiary/aromatic N) is 4. The van der Waals surface area contributed by atoms with Gasteiger partial charge in [0, 0.05) is 32.1 Å². The van der Waals surface area contributed by atoms with Crippen LogP contribution in [0.3, 0.4) is 0 Å². The molecule has 0 unspecified atom stereocenters. The van der Waals surface area contributed by atoms with Crippen LogP contribution in [-0.4, -0.2) is 59.5 Å². The van der Waals surface area contributed by atoms with E-state index in [1.807, 2.05) is 38.1 Å². The van der Waals surface area contributed by atoms with Crippen molar-refractivity contribution in [1.82, 2.24) is 15.1 Å². The van der Waals surface area contributed by atoms with Gasteiger partial charge in [-0.3, -0.25) is 9.69 Å². The number of benzene rings is 1. The summed E-state index contributed by atoms with van der Waals surface area (Å²) in [5.41, 5.74) is 1.84. The average molecular weight is 400 g/mol. The molecule has 1 saturated heterocycles. The molecule has 0 atom stereocenters. The first kappa shape index (κ1) is 20.2. The third-order valence-electron chi connectivity index (χ3n) is 4.45. The maximum absolute atomic E-state index is 12.4. The molecule has 2 heterocycles. The first-order valence-corrected chi connectivity index (χ1v) is 10.3. The highest BCUT2D eigenvalue weighted by molar-refractivity contribution is 7.99. The molecule has 1 fully saturated rings. The molecule has 0 saturated carbocycles. The number of piperazine rings is 1. The molecule has 0 radical (unpaired) electrons. The van der Waals surface area contributed by atoms with E-state index in [1.54, 1.807) is 0 Å². The van der Waals surface area contributed by atoms with Crippen LogP contribution in [0.5, 0.6) is 0 Å². The molecule has 28 heavy (non-hydrogen) atoms. The van der Waals surface area contributed by atoms with E-state index in [1.165, 1.54) is 11.8 Å². The monoisotopic (exact) mass is 399 g/mol. The molecule has 1 N–H and O–H groups in total. The van der Waals surface area contributed by atoms with Crippen LogP contribution in [0.1, 0.15) is 25.7 Å². The van der Waals surface area contributed by atoms with Crippen LogP contribution in [0.2, 0.25) is 0 Å². The van der Waals surface area contributed by atoms with Gasteiger partial charge in [0.2, 0.25) is 11.8 Å². The zero-order valence-electron chi connectivity index (χ0n) is 16.2. The molecular weight excluding hydrogens is 374 g/mol. The summed E-state index contributed by atoms with van der Waals surface area (Å²) in [6, 6.07) is 7.87. The van der Waals surface area contributed by atoms with Gasteiger partial charge >= 0.3 is 0 Å². The highest BCUT2D eigenvalue weighted by Gasteiger charge is 2.19. The van der Waals surface area contributed by atoms with Crippen molar-refractivity contribution in [2.45, 2.75) is 25.0 Å². The number of aromatic nitrogens is 2. The smallest absolute Gasteiger partial charge is 0.277 e. The lowest BCUT2D eigenvalue weighted by Gasteiger charge is -2.36. The summed E-state index contributed by atoms with van der Waals surface area (Å²) in [5.74, 6) is 3.55. The van der Waals surface area contributed by atoms with E-state index in [9.17, 15) is 4.79 Å². The van der Waals surface area contributed by atoms with E-state index in [0.29, 0.717) is 17.7 Å². The van der Waals surface area contributed by atoms with Crippen molar-refractivity contribution >= 4 is 29.0 Å². The number of terminal acetylenes is 1. The van der Waals surface area contributed by atoms with E-state index >= 15 is 0 Å². The van der Waals surface area contributed by atoms with Crippen molar-refractivity contribution in [3.05, 3.63) is 30.2 Å². The van der Waals surface area contributed by atoms with Gasteiger partial charge in [-0.1, -0.05) is 43.7 Å². The highest BCUT2D eigenvalue weighted by atomic mass is 32.2. The minimum Gasteiger partial charge on any atom is -0.416 e. The van der Waals surface area contributed by atoms with Crippen LogP contribution in [0.25, 0.3) is 0 Å². The Morgan fingerprint density at radius 2 is 2.04 bits per heavy atom. The fraction of sp³-hybridized carbons (Fsp3) is 0.450. The summed E-state index contributed by atoms with van der Waals surface area (Å²) in [5, 5.41) is 11.4.